The zero-order valence-corrected chi connectivity index (χ0v) is 12.0. The highest BCUT2D eigenvalue weighted by Gasteiger charge is 2.17. The van der Waals surface area contributed by atoms with Crippen LogP contribution < -0.4 is 0 Å². The number of aliphatic hydroxyl groups is 1. The molecule has 2 aromatic rings. The molecule has 0 saturated carbocycles. The lowest BCUT2D eigenvalue weighted by Crippen LogP contribution is -2.05. The van der Waals surface area contributed by atoms with Crippen molar-refractivity contribution in [1.82, 2.24) is 0 Å². The standard InChI is InChI=1S/C14H10BrClF2O/c15-13-9(4-2-6-11(13)17)12(19)7-8-3-1-5-10(16)14(8)18/h1-6,12,19H,7H2. The number of hydrogen-bond acceptors (Lipinski definition) is 1. The lowest BCUT2D eigenvalue weighted by atomic mass is 10.0. The highest BCUT2D eigenvalue weighted by Crippen LogP contribution is 2.29. The molecule has 2 rings (SSSR count). The average molecular weight is 348 g/mol. The van der Waals surface area contributed by atoms with Gasteiger partial charge in [-0.05, 0) is 39.2 Å². The fourth-order valence-electron chi connectivity index (χ4n) is 1.80. The molecular formula is C14H10BrClF2O. The molecule has 0 aliphatic rings. The molecule has 1 atom stereocenters. The van der Waals surface area contributed by atoms with Crippen molar-refractivity contribution in [3.8, 4) is 0 Å². The van der Waals surface area contributed by atoms with Gasteiger partial charge in [-0.25, -0.2) is 8.78 Å². The van der Waals surface area contributed by atoms with E-state index in [1.54, 1.807) is 12.1 Å². The Morgan fingerprint density at radius 1 is 1.16 bits per heavy atom. The molecule has 19 heavy (non-hydrogen) atoms. The summed E-state index contributed by atoms with van der Waals surface area (Å²) in [5.74, 6) is -1.03. The van der Waals surface area contributed by atoms with Crippen molar-refractivity contribution in [3.05, 3.63) is 68.7 Å². The number of hydrogen-bond donors (Lipinski definition) is 1. The zero-order chi connectivity index (χ0) is 14.0. The Balaban J connectivity index is 2.28. The van der Waals surface area contributed by atoms with E-state index >= 15 is 0 Å². The summed E-state index contributed by atoms with van der Waals surface area (Å²) < 4.78 is 27.3. The van der Waals surface area contributed by atoms with Crippen LogP contribution in [0.25, 0.3) is 0 Å². The summed E-state index contributed by atoms with van der Waals surface area (Å²) in [6, 6.07) is 8.93. The third-order valence-electron chi connectivity index (χ3n) is 2.79. The molecule has 1 N–H and O–H groups in total. The molecule has 1 unspecified atom stereocenters. The molecule has 2 aromatic carbocycles. The summed E-state index contributed by atoms with van der Waals surface area (Å²) >= 11 is 8.75. The molecule has 0 amide bonds. The van der Waals surface area contributed by atoms with Crippen molar-refractivity contribution in [1.29, 1.82) is 0 Å². The van der Waals surface area contributed by atoms with Crippen molar-refractivity contribution in [2.75, 3.05) is 0 Å². The smallest absolute Gasteiger partial charge is 0.145 e. The van der Waals surface area contributed by atoms with Gasteiger partial charge in [-0.3, -0.25) is 0 Å². The highest BCUT2D eigenvalue weighted by atomic mass is 79.9. The molecule has 0 heterocycles. The van der Waals surface area contributed by atoms with E-state index in [1.165, 1.54) is 24.3 Å². The first-order chi connectivity index (χ1) is 9.00. The molecule has 100 valence electrons. The first-order valence-corrected chi connectivity index (χ1v) is 6.72. The van der Waals surface area contributed by atoms with Crippen LogP contribution in [0.15, 0.2) is 40.9 Å². The monoisotopic (exact) mass is 346 g/mol. The van der Waals surface area contributed by atoms with Crippen LogP contribution in [0.3, 0.4) is 0 Å². The van der Waals surface area contributed by atoms with Crippen LogP contribution in [0.5, 0.6) is 0 Å². The molecule has 1 nitrogen and oxygen atoms in total. The Hall–Kier alpha value is -0.970. The van der Waals surface area contributed by atoms with E-state index in [0.717, 1.165) is 0 Å². The Morgan fingerprint density at radius 3 is 2.58 bits per heavy atom. The van der Waals surface area contributed by atoms with Gasteiger partial charge in [-0.15, -0.1) is 0 Å². The summed E-state index contributed by atoms with van der Waals surface area (Å²) in [6.45, 7) is 0. The third kappa shape index (κ3) is 3.14. The lowest BCUT2D eigenvalue weighted by molar-refractivity contribution is 0.176. The fourth-order valence-corrected chi connectivity index (χ4v) is 2.52. The quantitative estimate of drug-likeness (QED) is 0.856. The zero-order valence-electron chi connectivity index (χ0n) is 9.71. The van der Waals surface area contributed by atoms with E-state index in [9.17, 15) is 13.9 Å². The maximum absolute atomic E-state index is 13.7. The van der Waals surface area contributed by atoms with Gasteiger partial charge < -0.3 is 5.11 Å². The summed E-state index contributed by atoms with van der Waals surface area (Å²) in [6.07, 6.45) is -0.993. The van der Waals surface area contributed by atoms with Crippen LogP contribution in [-0.2, 0) is 6.42 Å². The predicted molar refractivity (Wildman–Crippen MR) is 74.2 cm³/mol. The number of benzene rings is 2. The van der Waals surface area contributed by atoms with Crippen molar-refractivity contribution in [2.24, 2.45) is 0 Å². The topological polar surface area (TPSA) is 20.2 Å². The van der Waals surface area contributed by atoms with Gasteiger partial charge in [0, 0.05) is 6.42 Å². The fraction of sp³-hybridized carbons (Fsp3) is 0.143. The Morgan fingerprint density at radius 2 is 1.84 bits per heavy atom. The molecule has 5 heteroatoms. The van der Waals surface area contributed by atoms with E-state index in [0.29, 0.717) is 5.56 Å². The minimum Gasteiger partial charge on any atom is -0.388 e. The van der Waals surface area contributed by atoms with Gasteiger partial charge in [0.2, 0.25) is 0 Å². The van der Waals surface area contributed by atoms with Crippen LogP contribution >= 0.6 is 27.5 Å². The number of halogens is 4. The molecule has 0 bridgehead atoms. The molecule has 0 saturated heterocycles. The molecular weight excluding hydrogens is 338 g/mol. The highest BCUT2D eigenvalue weighted by molar-refractivity contribution is 9.10. The van der Waals surface area contributed by atoms with E-state index in [1.807, 2.05) is 0 Å². The summed E-state index contributed by atoms with van der Waals surface area (Å²) in [7, 11) is 0. The van der Waals surface area contributed by atoms with Crippen LogP contribution in [0.2, 0.25) is 5.02 Å². The van der Waals surface area contributed by atoms with Gasteiger partial charge in [-0.2, -0.15) is 0 Å². The maximum Gasteiger partial charge on any atom is 0.145 e. The molecule has 0 radical (unpaired) electrons. The second kappa shape index (κ2) is 5.99. The predicted octanol–water partition coefficient (Wildman–Crippen LogP) is 4.66. The normalized spacial score (nSPS) is 12.5. The second-order valence-corrected chi connectivity index (χ2v) is 5.28. The molecule has 0 aliphatic carbocycles. The molecule has 0 spiro atoms. The van der Waals surface area contributed by atoms with Gasteiger partial charge in [0.15, 0.2) is 0 Å². The van der Waals surface area contributed by atoms with Gasteiger partial charge in [0.25, 0.3) is 0 Å². The van der Waals surface area contributed by atoms with Crippen molar-refractivity contribution in [2.45, 2.75) is 12.5 Å². The van der Waals surface area contributed by atoms with Crippen LogP contribution in [0, 0.1) is 11.6 Å². The average Bonchev–Trinajstić information content (AvgIpc) is 2.38. The van der Waals surface area contributed by atoms with E-state index in [-0.39, 0.29) is 21.5 Å². The van der Waals surface area contributed by atoms with E-state index < -0.39 is 17.7 Å². The van der Waals surface area contributed by atoms with Gasteiger partial charge >= 0.3 is 0 Å². The maximum atomic E-state index is 13.7. The summed E-state index contributed by atoms with van der Waals surface area (Å²) in [4.78, 5) is 0. The molecule has 0 aromatic heterocycles. The minimum atomic E-state index is -1.02. The van der Waals surface area contributed by atoms with E-state index in [2.05, 4.69) is 15.9 Å². The Bertz CT molecular complexity index is 604. The van der Waals surface area contributed by atoms with Gasteiger partial charge in [-0.1, -0.05) is 35.9 Å². The molecule has 0 aliphatic heterocycles. The minimum absolute atomic E-state index is 0.00279. The first kappa shape index (κ1) is 14.4. The lowest BCUT2D eigenvalue weighted by Gasteiger charge is -2.14. The van der Waals surface area contributed by atoms with Crippen molar-refractivity contribution >= 4 is 27.5 Å². The largest absolute Gasteiger partial charge is 0.388 e. The summed E-state index contributed by atoms with van der Waals surface area (Å²) in [5, 5.41) is 10.1. The Kier molecular flexibility index (Phi) is 4.55. The Labute approximate surface area is 123 Å². The first-order valence-electron chi connectivity index (χ1n) is 5.55. The van der Waals surface area contributed by atoms with Crippen molar-refractivity contribution in [3.63, 3.8) is 0 Å². The number of rotatable bonds is 3. The summed E-state index contributed by atoms with van der Waals surface area (Å²) in [5.41, 5.74) is 0.663. The third-order valence-corrected chi connectivity index (χ3v) is 3.91. The van der Waals surface area contributed by atoms with Gasteiger partial charge in [0.1, 0.15) is 11.6 Å². The molecule has 0 fully saturated rings. The van der Waals surface area contributed by atoms with Crippen molar-refractivity contribution < 1.29 is 13.9 Å². The van der Waals surface area contributed by atoms with Crippen LogP contribution in [-0.4, -0.2) is 5.11 Å². The number of aliphatic hydroxyl groups excluding tert-OH is 1. The SMILES string of the molecule is OC(Cc1cccc(Cl)c1F)c1cccc(F)c1Br. The van der Waals surface area contributed by atoms with Crippen LogP contribution in [0.1, 0.15) is 17.2 Å². The second-order valence-electron chi connectivity index (χ2n) is 4.08. The van der Waals surface area contributed by atoms with Crippen LogP contribution in [0.4, 0.5) is 8.78 Å². The van der Waals surface area contributed by atoms with Gasteiger partial charge in [0.05, 0.1) is 15.6 Å². The van der Waals surface area contributed by atoms with E-state index in [4.69, 9.17) is 11.6 Å².